The van der Waals surface area contributed by atoms with E-state index in [1.807, 2.05) is 0 Å². The molecule has 170 valence electrons. The van der Waals surface area contributed by atoms with Gasteiger partial charge in [-0.1, -0.05) is 34.6 Å². The standard InChI is InChI=1S/C27H44O3/c1-23(2)19-10-15-26(5)20(24(19,3)13-11-21(23)28)8-7-17-18(9-14-25(17,26)4)27(6)16-12-22(29)30-27/h17-21,28H,7-16H2,1-6H3/t17?,18?,19?,20?,21?,24-,25+,26+,27-/m0/s1. The Morgan fingerprint density at radius 3 is 2.13 bits per heavy atom. The molecule has 0 aromatic carbocycles. The molecule has 0 bridgehead atoms. The summed E-state index contributed by atoms with van der Waals surface area (Å²) in [5.41, 5.74) is 0.822. The third-order valence-corrected chi connectivity index (χ3v) is 12.3. The number of aliphatic hydroxyl groups excluding tert-OH is 1. The number of esters is 1. The van der Waals surface area contributed by atoms with E-state index in [0.29, 0.717) is 40.4 Å². The number of carbonyl (C=O) groups excluding carboxylic acids is 1. The normalized spacial score (nSPS) is 57.3. The smallest absolute Gasteiger partial charge is 0.306 e. The number of rotatable bonds is 1. The Labute approximate surface area is 183 Å². The highest BCUT2D eigenvalue weighted by Gasteiger charge is 2.69. The largest absolute Gasteiger partial charge is 0.459 e. The van der Waals surface area contributed by atoms with Gasteiger partial charge in [-0.2, -0.15) is 0 Å². The summed E-state index contributed by atoms with van der Waals surface area (Å²) >= 11 is 0. The lowest BCUT2D eigenvalue weighted by Gasteiger charge is -2.70. The van der Waals surface area contributed by atoms with Gasteiger partial charge in [0.25, 0.3) is 0 Å². The Morgan fingerprint density at radius 2 is 1.47 bits per heavy atom. The first-order valence-corrected chi connectivity index (χ1v) is 12.8. The molecule has 5 unspecified atom stereocenters. The van der Waals surface area contributed by atoms with Gasteiger partial charge < -0.3 is 9.84 Å². The molecule has 1 saturated heterocycles. The third kappa shape index (κ3) is 2.45. The van der Waals surface area contributed by atoms with Crippen molar-refractivity contribution in [2.24, 2.45) is 45.3 Å². The summed E-state index contributed by atoms with van der Waals surface area (Å²) in [5, 5.41) is 10.8. The van der Waals surface area contributed by atoms with Crippen molar-refractivity contribution >= 4 is 5.97 Å². The number of aliphatic hydroxyl groups is 1. The van der Waals surface area contributed by atoms with Gasteiger partial charge in [-0.05, 0) is 104 Å². The quantitative estimate of drug-likeness (QED) is 0.523. The van der Waals surface area contributed by atoms with Crippen LogP contribution in [0.2, 0.25) is 0 Å². The van der Waals surface area contributed by atoms with Gasteiger partial charge in [0.05, 0.1) is 6.10 Å². The van der Waals surface area contributed by atoms with E-state index < -0.39 is 0 Å². The van der Waals surface area contributed by atoms with E-state index in [1.165, 1.54) is 44.9 Å². The van der Waals surface area contributed by atoms with Crippen molar-refractivity contribution in [1.29, 1.82) is 0 Å². The van der Waals surface area contributed by atoms with Gasteiger partial charge >= 0.3 is 5.97 Å². The van der Waals surface area contributed by atoms with Crippen molar-refractivity contribution in [1.82, 2.24) is 0 Å². The fourth-order valence-corrected chi connectivity index (χ4v) is 10.4. The van der Waals surface area contributed by atoms with Crippen LogP contribution in [0.25, 0.3) is 0 Å². The minimum absolute atomic E-state index is 0.0158. The molecule has 0 aromatic heterocycles. The summed E-state index contributed by atoms with van der Waals surface area (Å²) in [6.07, 6.45) is 11.2. The molecule has 3 heteroatoms. The molecule has 0 amide bonds. The number of hydrogen-bond donors (Lipinski definition) is 1. The molecule has 5 rings (SSSR count). The molecule has 5 aliphatic rings. The molecular weight excluding hydrogens is 372 g/mol. The summed E-state index contributed by atoms with van der Waals surface area (Å²) in [5.74, 6) is 2.59. The SMILES string of the molecule is CC1(C)C(O)CC[C@@]2(C)C1CC[C@]1(C)C2CCC2C([C@]3(C)CCC(=O)O3)CC[C@]21C. The van der Waals surface area contributed by atoms with E-state index >= 15 is 0 Å². The molecule has 1 aliphatic heterocycles. The Balaban J connectivity index is 1.49. The van der Waals surface area contributed by atoms with Gasteiger partial charge in [0, 0.05) is 12.3 Å². The van der Waals surface area contributed by atoms with Gasteiger partial charge in [-0.25, -0.2) is 0 Å². The molecule has 1 heterocycles. The minimum atomic E-state index is -0.235. The number of ether oxygens (including phenoxy) is 1. The van der Waals surface area contributed by atoms with Crippen molar-refractivity contribution in [3.05, 3.63) is 0 Å². The number of fused-ring (bicyclic) bond motifs is 5. The Morgan fingerprint density at radius 1 is 0.767 bits per heavy atom. The number of cyclic esters (lactones) is 1. The van der Waals surface area contributed by atoms with E-state index in [0.717, 1.165) is 18.8 Å². The summed E-state index contributed by atoms with van der Waals surface area (Å²) in [6, 6.07) is 0. The molecule has 0 spiro atoms. The lowest BCUT2D eigenvalue weighted by atomic mass is 9.35. The Kier molecular flexibility index (Phi) is 4.45. The van der Waals surface area contributed by atoms with Crippen molar-refractivity contribution in [3.8, 4) is 0 Å². The molecular formula is C27H44O3. The monoisotopic (exact) mass is 416 g/mol. The zero-order chi connectivity index (χ0) is 21.7. The fourth-order valence-electron chi connectivity index (χ4n) is 10.4. The highest BCUT2D eigenvalue weighted by molar-refractivity contribution is 5.72. The van der Waals surface area contributed by atoms with E-state index in [4.69, 9.17) is 4.74 Å². The second kappa shape index (κ2) is 6.27. The van der Waals surface area contributed by atoms with Crippen LogP contribution in [0.1, 0.15) is 106 Å². The Bertz CT molecular complexity index is 744. The molecule has 1 N–H and O–H groups in total. The van der Waals surface area contributed by atoms with E-state index in [-0.39, 0.29) is 23.1 Å². The maximum absolute atomic E-state index is 12.0. The average molecular weight is 417 g/mol. The first-order valence-electron chi connectivity index (χ1n) is 12.8. The molecule has 30 heavy (non-hydrogen) atoms. The number of hydrogen-bond acceptors (Lipinski definition) is 3. The van der Waals surface area contributed by atoms with Crippen LogP contribution >= 0.6 is 0 Å². The highest BCUT2D eigenvalue weighted by Crippen LogP contribution is 2.76. The van der Waals surface area contributed by atoms with Crippen LogP contribution in [-0.4, -0.2) is 22.8 Å². The maximum Gasteiger partial charge on any atom is 0.306 e. The lowest BCUT2D eigenvalue weighted by Crippen LogP contribution is -2.64. The summed E-state index contributed by atoms with van der Waals surface area (Å²) in [4.78, 5) is 12.0. The molecule has 5 fully saturated rings. The predicted molar refractivity (Wildman–Crippen MR) is 119 cm³/mol. The maximum atomic E-state index is 12.0. The molecule has 0 aromatic rings. The molecule has 0 radical (unpaired) electrons. The fraction of sp³-hybridized carbons (Fsp3) is 0.963. The first kappa shape index (κ1) is 21.3. The van der Waals surface area contributed by atoms with E-state index in [1.54, 1.807) is 0 Å². The zero-order valence-corrected chi connectivity index (χ0v) is 20.2. The summed E-state index contributed by atoms with van der Waals surface area (Å²) < 4.78 is 5.97. The van der Waals surface area contributed by atoms with Gasteiger partial charge in [0.1, 0.15) is 5.60 Å². The molecule has 9 atom stereocenters. The van der Waals surface area contributed by atoms with Gasteiger partial charge in [0.15, 0.2) is 0 Å². The van der Waals surface area contributed by atoms with Crippen LogP contribution in [0.4, 0.5) is 0 Å². The number of carbonyl (C=O) groups is 1. The van der Waals surface area contributed by atoms with Crippen molar-refractivity contribution in [3.63, 3.8) is 0 Å². The summed E-state index contributed by atoms with van der Waals surface area (Å²) in [7, 11) is 0. The van der Waals surface area contributed by atoms with E-state index in [2.05, 4.69) is 41.5 Å². The van der Waals surface area contributed by atoms with Crippen LogP contribution < -0.4 is 0 Å². The topological polar surface area (TPSA) is 46.5 Å². The van der Waals surface area contributed by atoms with Crippen LogP contribution in [0.15, 0.2) is 0 Å². The van der Waals surface area contributed by atoms with Crippen molar-refractivity contribution < 1.29 is 14.6 Å². The average Bonchev–Trinajstić information content (AvgIpc) is 3.20. The second-order valence-electron chi connectivity index (χ2n) is 13.5. The Hall–Kier alpha value is -0.570. The molecule has 3 nitrogen and oxygen atoms in total. The third-order valence-electron chi connectivity index (χ3n) is 12.3. The van der Waals surface area contributed by atoms with Crippen LogP contribution in [0.5, 0.6) is 0 Å². The molecule has 4 aliphatic carbocycles. The first-order chi connectivity index (χ1) is 13.9. The zero-order valence-electron chi connectivity index (χ0n) is 20.2. The van der Waals surface area contributed by atoms with Crippen molar-refractivity contribution in [2.45, 2.75) is 117 Å². The highest BCUT2D eigenvalue weighted by atomic mass is 16.6. The lowest BCUT2D eigenvalue weighted by molar-refractivity contribution is -0.225. The van der Waals surface area contributed by atoms with Crippen molar-refractivity contribution in [2.75, 3.05) is 0 Å². The molecule has 4 saturated carbocycles. The minimum Gasteiger partial charge on any atom is -0.459 e. The van der Waals surface area contributed by atoms with Crippen LogP contribution in [-0.2, 0) is 9.53 Å². The van der Waals surface area contributed by atoms with Crippen LogP contribution in [0.3, 0.4) is 0 Å². The summed E-state index contributed by atoms with van der Waals surface area (Å²) in [6.45, 7) is 14.7. The second-order valence-corrected chi connectivity index (χ2v) is 13.5. The van der Waals surface area contributed by atoms with Gasteiger partial charge in [-0.15, -0.1) is 0 Å². The van der Waals surface area contributed by atoms with Gasteiger partial charge in [-0.3, -0.25) is 4.79 Å². The van der Waals surface area contributed by atoms with Gasteiger partial charge in [0.2, 0.25) is 0 Å². The predicted octanol–water partition coefficient (Wildman–Crippen LogP) is 6.13. The van der Waals surface area contributed by atoms with Crippen LogP contribution in [0, 0.1) is 45.3 Å². The van der Waals surface area contributed by atoms with E-state index in [9.17, 15) is 9.90 Å².